The molecule has 2 aliphatic rings. The summed E-state index contributed by atoms with van der Waals surface area (Å²) < 4.78 is 11.1. The lowest BCUT2D eigenvalue weighted by Crippen LogP contribution is -2.27. The fourth-order valence-electron chi connectivity index (χ4n) is 2.20. The summed E-state index contributed by atoms with van der Waals surface area (Å²) in [5, 5.41) is 0. The molecule has 4 nitrogen and oxygen atoms in total. The van der Waals surface area contributed by atoms with Crippen LogP contribution in [0.5, 0.6) is 0 Å². The largest absolute Gasteiger partial charge is 0.483 e. The van der Waals surface area contributed by atoms with Crippen molar-refractivity contribution < 1.29 is 19.1 Å². The van der Waals surface area contributed by atoms with Gasteiger partial charge in [0.1, 0.15) is 0 Å². The van der Waals surface area contributed by atoms with Crippen molar-refractivity contribution in [2.24, 2.45) is 5.92 Å². The van der Waals surface area contributed by atoms with Crippen molar-refractivity contribution in [3.63, 3.8) is 0 Å². The molecule has 2 aliphatic carbocycles. The molecule has 0 fully saturated rings. The van der Waals surface area contributed by atoms with Crippen molar-refractivity contribution >= 4 is 11.6 Å². The summed E-state index contributed by atoms with van der Waals surface area (Å²) in [6, 6.07) is 0. The third kappa shape index (κ3) is 3.32. The normalized spacial score (nSPS) is 19.0. The summed E-state index contributed by atoms with van der Waals surface area (Å²) >= 11 is 0. The fraction of sp³-hybridized carbons (Fsp3) is 0.412. The van der Waals surface area contributed by atoms with E-state index < -0.39 is 0 Å². The van der Waals surface area contributed by atoms with Gasteiger partial charge in [0.25, 0.3) is 0 Å². The standard InChI is InChI=1S/C17H20O4/c1-10(2)20-16-14(18)9-13(12-7-5-6-8-12)15(19)17(16)21-11(3)4/h5-12H,1-4H3. The fourth-order valence-corrected chi connectivity index (χ4v) is 2.20. The highest BCUT2D eigenvalue weighted by atomic mass is 16.5. The molecule has 0 aromatic rings. The van der Waals surface area contributed by atoms with Crippen LogP contribution in [0.2, 0.25) is 0 Å². The van der Waals surface area contributed by atoms with Gasteiger partial charge in [0.05, 0.1) is 12.2 Å². The molecule has 0 heterocycles. The number of hydrogen-bond donors (Lipinski definition) is 0. The number of hydrogen-bond acceptors (Lipinski definition) is 4. The summed E-state index contributed by atoms with van der Waals surface area (Å²) in [4.78, 5) is 24.9. The topological polar surface area (TPSA) is 52.6 Å². The Hall–Kier alpha value is -2.10. The molecule has 0 saturated carbocycles. The first-order chi connectivity index (χ1) is 9.90. The first kappa shape index (κ1) is 15.3. The van der Waals surface area contributed by atoms with E-state index in [9.17, 15) is 9.59 Å². The minimum Gasteiger partial charge on any atom is -0.483 e. The summed E-state index contributed by atoms with van der Waals surface area (Å²) in [6.07, 6.45) is 8.40. The Bertz CT molecular complexity index is 562. The SMILES string of the molecule is CC(C)OC1=C(OC(C)C)C(=O)C(C2C=CC=C2)=CC1=O. The van der Waals surface area contributed by atoms with Gasteiger partial charge in [-0.25, -0.2) is 0 Å². The molecule has 0 aromatic carbocycles. The van der Waals surface area contributed by atoms with Crippen LogP contribution in [0.25, 0.3) is 0 Å². The Morgan fingerprint density at radius 3 is 1.95 bits per heavy atom. The first-order valence-electron chi connectivity index (χ1n) is 7.13. The lowest BCUT2D eigenvalue weighted by atomic mass is 9.90. The maximum Gasteiger partial charge on any atom is 0.228 e. The lowest BCUT2D eigenvalue weighted by molar-refractivity contribution is -0.122. The van der Waals surface area contributed by atoms with Crippen LogP contribution in [0, 0.1) is 5.92 Å². The number of carbonyl (C=O) groups excluding carboxylic acids is 2. The Balaban J connectivity index is 2.39. The molecule has 0 saturated heterocycles. The monoisotopic (exact) mass is 288 g/mol. The van der Waals surface area contributed by atoms with Gasteiger partial charge in [0.2, 0.25) is 23.1 Å². The van der Waals surface area contributed by atoms with Crippen molar-refractivity contribution in [1.82, 2.24) is 0 Å². The van der Waals surface area contributed by atoms with Gasteiger partial charge in [0, 0.05) is 11.5 Å². The van der Waals surface area contributed by atoms with Crippen LogP contribution in [0.3, 0.4) is 0 Å². The summed E-state index contributed by atoms with van der Waals surface area (Å²) in [5.74, 6) is -0.732. The maximum absolute atomic E-state index is 12.6. The molecule has 0 unspecified atom stereocenters. The molecule has 0 aliphatic heterocycles. The molecule has 0 radical (unpaired) electrons. The van der Waals surface area contributed by atoms with Gasteiger partial charge in [0.15, 0.2) is 0 Å². The highest BCUT2D eigenvalue weighted by Crippen LogP contribution is 2.30. The van der Waals surface area contributed by atoms with Crippen LogP contribution in [-0.4, -0.2) is 23.8 Å². The third-order valence-corrected chi connectivity index (χ3v) is 3.00. The second-order valence-corrected chi connectivity index (χ2v) is 5.58. The molecule has 0 atom stereocenters. The average Bonchev–Trinajstić information content (AvgIpc) is 2.90. The Labute approximate surface area is 124 Å². The predicted octanol–water partition coefficient (Wildman–Crippen LogP) is 2.87. The number of Topliss-reactive ketones (excluding diaryl/α,β-unsaturated/α-hetero) is 1. The van der Waals surface area contributed by atoms with Crippen molar-refractivity contribution in [3.05, 3.63) is 47.5 Å². The Morgan fingerprint density at radius 2 is 1.43 bits per heavy atom. The van der Waals surface area contributed by atoms with E-state index >= 15 is 0 Å². The van der Waals surface area contributed by atoms with Crippen molar-refractivity contribution in [2.75, 3.05) is 0 Å². The van der Waals surface area contributed by atoms with Gasteiger partial charge in [-0.15, -0.1) is 0 Å². The van der Waals surface area contributed by atoms with E-state index in [1.165, 1.54) is 6.08 Å². The van der Waals surface area contributed by atoms with Crippen LogP contribution in [0.4, 0.5) is 0 Å². The highest BCUT2D eigenvalue weighted by Gasteiger charge is 2.35. The zero-order valence-electron chi connectivity index (χ0n) is 12.8. The van der Waals surface area contributed by atoms with E-state index in [0.717, 1.165) is 0 Å². The smallest absolute Gasteiger partial charge is 0.228 e. The molecule has 0 aromatic heterocycles. The molecular formula is C17H20O4. The third-order valence-electron chi connectivity index (χ3n) is 3.00. The molecule has 21 heavy (non-hydrogen) atoms. The highest BCUT2D eigenvalue weighted by molar-refractivity contribution is 6.21. The van der Waals surface area contributed by atoms with Crippen LogP contribution in [0.1, 0.15) is 27.7 Å². The summed E-state index contributed by atoms with van der Waals surface area (Å²) in [7, 11) is 0. The van der Waals surface area contributed by atoms with Gasteiger partial charge < -0.3 is 9.47 Å². The molecular weight excluding hydrogens is 268 g/mol. The van der Waals surface area contributed by atoms with Crippen LogP contribution >= 0.6 is 0 Å². The quantitative estimate of drug-likeness (QED) is 0.730. The van der Waals surface area contributed by atoms with Gasteiger partial charge >= 0.3 is 0 Å². The average molecular weight is 288 g/mol. The number of rotatable bonds is 5. The van der Waals surface area contributed by atoms with E-state index in [-0.39, 0.29) is 41.2 Å². The lowest BCUT2D eigenvalue weighted by Gasteiger charge is -2.23. The minimum absolute atomic E-state index is 0.0124. The summed E-state index contributed by atoms with van der Waals surface area (Å²) in [5.41, 5.74) is 0.428. The van der Waals surface area contributed by atoms with Crippen molar-refractivity contribution in [1.29, 1.82) is 0 Å². The van der Waals surface area contributed by atoms with Gasteiger partial charge in [-0.2, -0.15) is 0 Å². The van der Waals surface area contributed by atoms with Crippen LogP contribution in [-0.2, 0) is 19.1 Å². The molecule has 4 heteroatoms. The Kier molecular flexibility index (Phi) is 4.46. The van der Waals surface area contributed by atoms with Gasteiger partial charge in [-0.3, -0.25) is 9.59 Å². The van der Waals surface area contributed by atoms with Crippen LogP contribution < -0.4 is 0 Å². The van der Waals surface area contributed by atoms with Gasteiger partial charge in [-0.1, -0.05) is 24.3 Å². The first-order valence-corrected chi connectivity index (χ1v) is 7.13. The van der Waals surface area contributed by atoms with E-state index in [1.54, 1.807) is 13.8 Å². The van der Waals surface area contributed by atoms with Crippen LogP contribution in [0.15, 0.2) is 47.5 Å². The Morgan fingerprint density at radius 1 is 0.905 bits per heavy atom. The maximum atomic E-state index is 12.6. The molecule has 112 valence electrons. The van der Waals surface area contributed by atoms with Crippen molar-refractivity contribution in [2.45, 2.75) is 39.9 Å². The predicted molar refractivity (Wildman–Crippen MR) is 79.3 cm³/mol. The molecule has 0 N–H and O–H groups in total. The second-order valence-electron chi connectivity index (χ2n) is 5.58. The molecule has 0 amide bonds. The van der Waals surface area contributed by atoms with E-state index in [2.05, 4.69) is 0 Å². The van der Waals surface area contributed by atoms with E-state index in [0.29, 0.717) is 5.57 Å². The number of ketones is 2. The number of allylic oxidation sites excluding steroid dienone is 6. The van der Waals surface area contributed by atoms with Gasteiger partial charge in [-0.05, 0) is 33.8 Å². The molecule has 0 bridgehead atoms. The van der Waals surface area contributed by atoms with Crippen molar-refractivity contribution in [3.8, 4) is 0 Å². The number of ether oxygens (including phenoxy) is 2. The number of carbonyl (C=O) groups is 2. The van der Waals surface area contributed by atoms with E-state index in [1.807, 2.05) is 38.2 Å². The second kappa shape index (κ2) is 6.12. The summed E-state index contributed by atoms with van der Waals surface area (Å²) in [6.45, 7) is 7.23. The van der Waals surface area contributed by atoms with E-state index in [4.69, 9.17) is 9.47 Å². The molecule has 0 spiro atoms. The zero-order chi connectivity index (χ0) is 15.6. The molecule has 2 rings (SSSR count). The zero-order valence-corrected chi connectivity index (χ0v) is 12.8. The minimum atomic E-state index is -0.317.